The highest BCUT2D eigenvalue weighted by molar-refractivity contribution is 5.69. The molecule has 0 rings (SSSR count). The number of carbonyl (C=O) groups excluding carboxylic acids is 1. The largest absolute Gasteiger partial charge is 0.469 e. The van der Waals surface area contributed by atoms with Crippen LogP contribution in [0.5, 0.6) is 0 Å². The topological polar surface area (TPSA) is 44.8 Å². The van der Waals surface area contributed by atoms with Crippen LogP contribution in [-0.4, -0.2) is 33.6 Å². The van der Waals surface area contributed by atoms with E-state index in [1.165, 1.54) is 7.11 Å². The van der Waals surface area contributed by atoms with Crippen molar-refractivity contribution in [2.75, 3.05) is 21.3 Å². The summed E-state index contributed by atoms with van der Waals surface area (Å²) < 4.78 is 14.7. The molecule has 0 aromatic heterocycles. The molecule has 0 aliphatic rings. The summed E-state index contributed by atoms with van der Waals surface area (Å²) in [6.07, 6.45) is 1.97. The third-order valence-electron chi connectivity index (χ3n) is 2.16. The van der Waals surface area contributed by atoms with Gasteiger partial charge in [0.05, 0.1) is 7.11 Å². The Balaban J connectivity index is 3.61. The molecule has 14 heavy (non-hydrogen) atoms. The average Bonchev–Trinajstić information content (AvgIpc) is 2.19. The van der Waals surface area contributed by atoms with Crippen LogP contribution in [0.1, 0.15) is 26.2 Å². The molecule has 0 N–H and O–H groups in total. The van der Waals surface area contributed by atoms with E-state index in [2.05, 4.69) is 4.74 Å². The van der Waals surface area contributed by atoms with Crippen LogP contribution in [-0.2, 0) is 19.0 Å². The van der Waals surface area contributed by atoms with Gasteiger partial charge in [0.1, 0.15) is 0 Å². The SMILES string of the molecule is COC(=O)CC(C)CCC(OC)OC. The number of methoxy groups -OCH3 is 3. The minimum atomic E-state index is -0.171. The van der Waals surface area contributed by atoms with Gasteiger partial charge in [-0.25, -0.2) is 0 Å². The van der Waals surface area contributed by atoms with Crippen molar-refractivity contribution >= 4 is 5.97 Å². The van der Waals surface area contributed by atoms with Crippen LogP contribution in [0.4, 0.5) is 0 Å². The zero-order chi connectivity index (χ0) is 11.0. The number of hydrogen-bond donors (Lipinski definition) is 0. The van der Waals surface area contributed by atoms with Crippen LogP contribution in [0.2, 0.25) is 0 Å². The molecule has 0 spiro atoms. The quantitative estimate of drug-likeness (QED) is 0.466. The zero-order valence-electron chi connectivity index (χ0n) is 9.41. The Hall–Kier alpha value is -0.610. The summed E-state index contributed by atoms with van der Waals surface area (Å²) in [6.45, 7) is 2.01. The Bertz CT molecular complexity index is 154. The standard InChI is InChI=1S/C10H20O4/c1-8(7-9(11)12-2)5-6-10(13-3)14-4/h8,10H,5-7H2,1-4H3. The molecule has 0 aromatic rings. The lowest BCUT2D eigenvalue weighted by atomic mass is 10.0. The molecular weight excluding hydrogens is 184 g/mol. The van der Waals surface area contributed by atoms with E-state index in [1.54, 1.807) is 14.2 Å². The number of ether oxygens (including phenoxy) is 3. The highest BCUT2D eigenvalue weighted by Crippen LogP contribution is 2.14. The number of esters is 1. The number of carbonyl (C=O) groups is 1. The van der Waals surface area contributed by atoms with Crippen molar-refractivity contribution in [3.8, 4) is 0 Å². The molecule has 1 atom stereocenters. The van der Waals surface area contributed by atoms with Crippen molar-refractivity contribution in [1.29, 1.82) is 0 Å². The van der Waals surface area contributed by atoms with Crippen LogP contribution in [0.25, 0.3) is 0 Å². The molecule has 0 bridgehead atoms. The van der Waals surface area contributed by atoms with Gasteiger partial charge in [-0.05, 0) is 18.8 Å². The second-order valence-corrected chi connectivity index (χ2v) is 3.36. The maximum atomic E-state index is 10.9. The van der Waals surface area contributed by atoms with Crippen LogP contribution in [0, 0.1) is 5.92 Å². The fourth-order valence-electron chi connectivity index (χ4n) is 1.22. The van der Waals surface area contributed by atoms with Gasteiger partial charge in [0.2, 0.25) is 0 Å². The fourth-order valence-corrected chi connectivity index (χ4v) is 1.22. The first-order chi connectivity index (χ1) is 6.63. The van der Waals surface area contributed by atoms with Crippen molar-refractivity contribution in [1.82, 2.24) is 0 Å². The maximum Gasteiger partial charge on any atom is 0.305 e. The van der Waals surface area contributed by atoms with Gasteiger partial charge in [0, 0.05) is 20.6 Å². The third kappa shape index (κ3) is 5.94. The van der Waals surface area contributed by atoms with Crippen molar-refractivity contribution in [2.24, 2.45) is 5.92 Å². The van der Waals surface area contributed by atoms with E-state index in [0.717, 1.165) is 12.8 Å². The number of rotatable bonds is 7. The highest BCUT2D eigenvalue weighted by atomic mass is 16.7. The first-order valence-electron chi connectivity index (χ1n) is 4.76. The van der Waals surface area contributed by atoms with Gasteiger partial charge in [0.25, 0.3) is 0 Å². The van der Waals surface area contributed by atoms with Crippen LogP contribution >= 0.6 is 0 Å². The smallest absolute Gasteiger partial charge is 0.305 e. The fraction of sp³-hybridized carbons (Fsp3) is 0.900. The Kier molecular flexibility index (Phi) is 7.42. The minimum absolute atomic E-state index is 0.163. The van der Waals surface area contributed by atoms with Crippen LogP contribution < -0.4 is 0 Å². The highest BCUT2D eigenvalue weighted by Gasteiger charge is 2.12. The second-order valence-electron chi connectivity index (χ2n) is 3.36. The zero-order valence-corrected chi connectivity index (χ0v) is 9.41. The van der Waals surface area contributed by atoms with Gasteiger partial charge in [-0.3, -0.25) is 4.79 Å². The first-order valence-corrected chi connectivity index (χ1v) is 4.76. The summed E-state index contributed by atoms with van der Waals surface area (Å²) in [4.78, 5) is 10.9. The Morgan fingerprint density at radius 1 is 1.14 bits per heavy atom. The van der Waals surface area contributed by atoms with Crippen molar-refractivity contribution in [3.63, 3.8) is 0 Å². The molecule has 0 aliphatic heterocycles. The van der Waals surface area contributed by atoms with Gasteiger partial charge in [-0.1, -0.05) is 6.92 Å². The van der Waals surface area contributed by atoms with Gasteiger partial charge < -0.3 is 14.2 Å². The molecular formula is C10H20O4. The van der Waals surface area contributed by atoms with Gasteiger partial charge >= 0.3 is 5.97 Å². The van der Waals surface area contributed by atoms with Crippen molar-refractivity contribution in [3.05, 3.63) is 0 Å². The van der Waals surface area contributed by atoms with E-state index in [4.69, 9.17) is 9.47 Å². The molecule has 4 nitrogen and oxygen atoms in total. The molecule has 0 saturated carbocycles. The molecule has 0 saturated heterocycles. The van der Waals surface area contributed by atoms with E-state index in [9.17, 15) is 4.79 Å². The molecule has 0 radical (unpaired) electrons. The molecule has 0 amide bonds. The number of hydrogen-bond acceptors (Lipinski definition) is 4. The lowest BCUT2D eigenvalue weighted by Gasteiger charge is -2.15. The molecule has 1 unspecified atom stereocenters. The summed E-state index contributed by atoms with van der Waals surface area (Å²) in [6, 6.07) is 0. The minimum Gasteiger partial charge on any atom is -0.469 e. The lowest BCUT2D eigenvalue weighted by Crippen LogP contribution is -2.15. The Labute approximate surface area is 85.5 Å². The summed E-state index contributed by atoms with van der Waals surface area (Å²) >= 11 is 0. The molecule has 4 heteroatoms. The molecule has 0 fully saturated rings. The predicted molar refractivity (Wildman–Crippen MR) is 52.8 cm³/mol. The van der Waals surface area contributed by atoms with Crippen molar-refractivity contribution < 1.29 is 19.0 Å². The van der Waals surface area contributed by atoms with Crippen LogP contribution in [0.15, 0.2) is 0 Å². The van der Waals surface area contributed by atoms with E-state index in [1.807, 2.05) is 6.92 Å². The van der Waals surface area contributed by atoms with Gasteiger partial charge in [-0.2, -0.15) is 0 Å². The van der Waals surface area contributed by atoms with Crippen molar-refractivity contribution in [2.45, 2.75) is 32.5 Å². The third-order valence-corrected chi connectivity index (χ3v) is 2.16. The maximum absolute atomic E-state index is 10.9. The average molecular weight is 204 g/mol. The molecule has 84 valence electrons. The Morgan fingerprint density at radius 2 is 1.71 bits per heavy atom. The van der Waals surface area contributed by atoms with E-state index in [-0.39, 0.29) is 12.3 Å². The van der Waals surface area contributed by atoms with E-state index in [0.29, 0.717) is 12.3 Å². The molecule has 0 aliphatic carbocycles. The Morgan fingerprint density at radius 3 is 2.14 bits per heavy atom. The second kappa shape index (κ2) is 7.76. The monoisotopic (exact) mass is 204 g/mol. The summed E-state index contributed by atoms with van der Waals surface area (Å²) in [7, 11) is 4.63. The molecule has 0 aromatic carbocycles. The summed E-state index contributed by atoms with van der Waals surface area (Å²) in [5.41, 5.74) is 0. The van der Waals surface area contributed by atoms with E-state index >= 15 is 0 Å². The van der Waals surface area contributed by atoms with Crippen LogP contribution in [0.3, 0.4) is 0 Å². The predicted octanol–water partition coefficient (Wildman–Crippen LogP) is 1.58. The van der Waals surface area contributed by atoms with Gasteiger partial charge in [-0.15, -0.1) is 0 Å². The first kappa shape index (κ1) is 13.4. The van der Waals surface area contributed by atoms with E-state index < -0.39 is 0 Å². The molecule has 0 heterocycles. The lowest BCUT2D eigenvalue weighted by molar-refractivity contribution is -0.142. The summed E-state index contributed by atoms with van der Waals surface area (Å²) in [5.74, 6) is 0.138. The summed E-state index contributed by atoms with van der Waals surface area (Å²) in [5, 5.41) is 0. The normalized spacial score (nSPS) is 12.9. The van der Waals surface area contributed by atoms with Gasteiger partial charge in [0.15, 0.2) is 6.29 Å².